The first-order valence-electron chi connectivity index (χ1n) is 3.72. The van der Waals surface area contributed by atoms with Gasteiger partial charge in [-0.15, -0.1) is 0 Å². The fourth-order valence-corrected chi connectivity index (χ4v) is 1.28. The van der Waals surface area contributed by atoms with Crippen molar-refractivity contribution >= 4 is 11.9 Å². The lowest BCUT2D eigenvalue weighted by atomic mass is 10.1. The van der Waals surface area contributed by atoms with E-state index in [0.29, 0.717) is 0 Å². The summed E-state index contributed by atoms with van der Waals surface area (Å²) >= 11 is 0. The molecule has 0 aromatic heterocycles. The first-order valence-corrected chi connectivity index (χ1v) is 3.72. The Labute approximate surface area is 70.5 Å². The molecule has 0 heterocycles. The molecule has 2 rings (SSSR count). The Morgan fingerprint density at radius 2 is 2.08 bits per heavy atom. The quantitative estimate of drug-likeness (QED) is 0.627. The van der Waals surface area contributed by atoms with Gasteiger partial charge in [0.1, 0.15) is 5.75 Å². The third-order valence-electron chi connectivity index (χ3n) is 1.94. The van der Waals surface area contributed by atoms with Gasteiger partial charge in [-0.3, -0.25) is 4.79 Å². The molecule has 0 N–H and O–H groups in total. The number of carbonyl (C=O) groups is 1. The molecule has 0 radical (unpaired) electrons. The van der Waals surface area contributed by atoms with Gasteiger partial charge in [0, 0.05) is 5.56 Å². The number of methoxy groups -OCH3 is 1. The predicted octanol–water partition coefficient (Wildman–Crippen LogP) is 1.90. The van der Waals surface area contributed by atoms with Gasteiger partial charge in [0.15, 0.2) is 5.78 Å². The van der Waals surface area contributed by atoms with E-state index in [9.17, 15) is 4.79 Å². The lowest BCUT2D eigenvalue weighted by molar-refractivity contribution is 0.105. The minimum absolute atomic E-state index is 0.0592. The van der Waals surface area contributed by atoms with E-state index in [2.05, 4.69) is 0 Å². The maximum absolute atomic E-state index is 11.2. The van der Waals surface area contributed by atoms with Crippen molar-refractivity contribution in [2.45, 2.75) is 0 Å². The smallest absolute Gasteiger partial charge is 0.186 e. The number of ketones is 1. The van der Waals surface area contributed by atoms with Crippen LogP contribution >= 0.6 is 0 Å². The van der Waals surface area contributed by atoms with Crippen LogP contribution in [0.1, 0.15) is 15.9 Å². The van der Waals surface area contributed by atoms with Crippen LogP contribution in [0.5, 0.6) is 5.75 Å². The Bertz CT molecular complexity index is 364. The number of hydrogen-bond donors (Lipinski definition) is 0. The van der Waals surface area contributed by atoms with Crippen LogP contribution in [0.2, 0.25) is 0 Å². The lowest BCUT2D eigenvalue weighted by Gasteiger charge is -2.01. The summed E-state index contributed by atoms with van der Waals surface area (Å²) in [5, 5.41) is 0. The number of ether oxygens (including phenoxy) is 1. The second kappa shape index (κ2) is 2.48. The van der Waals surface area contributed by atoms with Crippen LogP contribution in [-0.2, 0) is 0 Å². The van der Waals surface area contributed by atoms with Gasteiger partial charge in [0.05, 0.1) is 7.11 Å². The number of carbonyl (C=O) groups excluding carboxylic acids is 1. The number of allylic oxidation sites excluding steroid dienone is 1. The summed E-state index contributed by atoms with van der Waals surface area (Å²) in [4.78, 5) is 11.2. The van der Waals surface area contributed by atoms with Gasteiger partial charge in [-0.05, 0) is 23.8 Å². The van der Waals surface area contributed by atoms with Crippen molar-refractivity contribution < 1.29 is 9.53 Å². The Hall–Kier alpha value is -1.57. The molecule has 0 fully saturated rings. The van der Waals surface area contributed by atoms with Crippen molar-refractivity contribution in [3.63, 3.8) is 0 Å². The molecular weight excluding hydrogens is 152 g/mol. The molecule has 12 heavy (non-hydrogen) atoms. The average Bonchev–Trinajstić information content (AvgIpc) is 2.47. The monoisotopic (exact) mass is 160 g/mol. The van der Waals surface area contributed by atoms with E-state index in [0.717, 1.165) is 16.9 Å². The molecule has 0 saturated carbocycles. The second-order valence-electron chi connectivity index (χ2n) is 2.65. The summed E-state index contributed by atoms with van der Waals surface area (Å²) in [6.45, 7) is 0. The largest absolute Gasteiger partial charge is 0.497 e. The summed E-state index contributed by atoms with van der Waals surface area (Å²) in [6.07, 6.45) is 3.39. The zero-order valence-corrected chi connectivity index (χ0v) is 6.70. The van der Waals surface area contributed by atoms with Crippen molar-refractivity contribution in [3.8, 4) is 5.75 Å². The fraction of sp³-hybridized carbons (Fsp3) is 0.100. The third kappa shape index (κ3) is 0.925. The molecular formula is C10H8O2. The van der Waals surface area contributed by atoms with Gasteiger partial charge in [-0.1, -0.05) is 12.1 Å². The standard InChI is InChI=1S/C10H8O2/c1-12-8-4-2-7-3-5-10(11)9(7)6-8/h2-6H,1H3. The van der Waals surface area contributed by atoms with Crippen molar-refractivity contribution in [1.29, 1.82) is 0 Å². The normalized spacial score (nSPS) is 13.2. The van der Waals surface area contributed by atoms with Crippen LogP contribution in [0.15, 0.2) is 24.3 Å². The van der Waals surface area contributed by atoms with Gasteiger partial charge >= 0.3 is 0 Å². The highest BCUT2D eigenvalue weighted by Crippen LogP contribution is 2.23. The Balaban J connectivity index is 2.55. The van der Waals surface area contributed by atoms with Crippen LogP contribution in [0.4, 0.5) is 0 Å². The molecule has 60 valence electrons. The van der Waals surface area contributed by atoms with E-state index < -0.39 is 0 Å². The molecule has 0 amide bonds. The minimum Gasteiger partial charge on any atom is -0.497 e. The van der Waals surface area contributed by atoms with Crippen molar-refractivity contribution in [3.05, 3.63) is 35.4 Å². The van der Waals surface area contributed by atoms with Gasteiger partial charge in [0.2, 0.25) is 0 Å². The Morgan fingerprint density at radius 3 is 2.83 bits per heavy atom. The summed E-state index contributed by atoms with van der Waals surface area (Å²) in [7, 11) is 1.59. The summed E-state index contributed by atoms with van der Waals surface area (Å²) in [6, 6.07) is 5.50. The summed E-state index contributed by atoms with van der Waals surface area (Å²) in [5.74, 6) is 0.787. The van der Waals surface area contributed by atoms with Gasteiger partial charge in [-0.2, -0.15) is 0 Å². The highest BCUT2D eigenvalue weighted by molar-refractivity contribution is 6.13. The SMILES string of the molecule is COc1ccc2c(c1)C(=O)C=C2. The first kappa shape index (κ1) is 7.10. The van der Waals surface area contributed by atoms with Gasteiger partial charge in [0.25, 0.3) is 0 Å². The number of hydrogen-bond acceptors (Lipinski definition) is 2. The van der Waals surface area contributed by atoms with Crippen molar-refractivity contribution in [1.82, 2.24) is 0 Å². The molecule has 0 spiro atoms. The Kier molecular flexibility index (Phi) is 1.47. The van der Waals surface area contributed by atoms with Crippen LogP contribution in [-0.4, -0.2) is 12.9 Å². The maximum atomic E-state index is 11.2. The molecule has 1 aromatic rings. The predicted molar refractivity (Wildman–Crippen MR) is 46.4 cm³/mol. The van der Waals surface area contributed by atoms with E-state index in [1.807, 2.05) is 18.2 Å². The van der Waals surface area contributed by atoms with Crippen LogP contribution in [0.3, 0.4) is 0 Å². The number of rotatable bonds is 1. The molecule has 0 saturated heterocycles. The highest BCUT2D eigenvalue weighted by Gasteiger charge is 2.13. The molecule has 0 bridgehead atoms. The zero-order valence-electron chi connectivity index (χ0n) is 6.70. The molecule has 0 unspecified atom stereocenters. The summed E-state index contributed by atoms with van der Waals surface area (Å²) < 4.78 is 5.01. The van der Waals surface area contributed by atoms with Crippen LogP contribution in [0, 0.1) is 0 Å². The third-order valence-corrected chi connectivity index (χ3v) is 1.94. The topological polar surface area (TPSA) is 26.3 Å². The highest BCUT2D eigenvalue weighted by atomic mass is 16.5. The zero-order chi connectivity index (χ0) is 8.55. The molecule has 0 aliphatic heterocycles. The average molecular weight is 160 g/mol. The molecule has 2 heteroatoms. The second-order valence-corrected chi connectivity index (χ2v) is 2.65. The Morgan fingerprint density at radius 1 is 1.25 bits per heavy atom. The minimum atomic E-state index is 0.0592. The lowest BCUT2D eigenvalue weighted by Crippen LogP contribution is -1.92. The van der Waals surface area contributed by atoms with Crippen molar-refractivity contribution in [2.75, 3.05) is 7.11 Å². The number of benzene rings is 1. The first-order chi connectivity index (χ1) is 5.81. The van der Waals surface area contributed by atoms with Crippen LogP contribution in [0.25, 0.3) is 6.08 Å². The van der Waals surface area contributed by atoms with E-state index in [1.54, 1.807) is 19.3 Å². The van der Waals surface area contributed by atoms with Gasteiger partial charge in [-0.25, -0.2) is 0 Å². The molecule has 2 nitrogen and oxygen atoms in total. The van der Waals surface area contributed by atoms with Gasteiger partial charge < -0.3 is 4.74 Å². The van der Waals surface area contributed by atoms with Crippen LogP contribution < -0.4 is 4.74 Å². The van der Waals surface area contributed by atoms with E-state index in [4.69, 9.17) is 4.74 Å². The number of fused-ring (bicyclic) bond motifs is 1. The van der Waals surface area contributed by atoms with E-state index >= 15 is 0 Å². The van der Waals surface area contributed by atoms with E-state index in [-0.39, 0.29) is 5.78 Å². The molecule has 1 aliphatic rings. The molecule has 1 aromatic carbocycles. The molecule has 0 atom stereocenters. The fourth-order valence-electron chi connectivity index (χ4n) is 1.28. The molecule has 1 aliphatic carbocycles. The maximum Gasteiger partial charge on any atom is 0.186 e. The van der Waals surface area contributed by atoms with E-state index in [1.165, 1.54) is 0 Å². The summed E-state index contributed by atoms with van der Waals surface area (Å²) in [5.41, 5.74) is 1.70. The van der Waals surface area contributed by atoms with Crippen molar-refractivity contribution in [2.24, 2.45) is 0 Å².